The van der Waals surface area contributed by atoms with Crippen LogP contribution in [0.25, 0.3) is 0 Å². The minimum Gasteiger partial charge on any atom is -0.269 e. The molecule has 0 radical (unpaired) electrons. The lowest BCUT2D eigenvalue weighted by Gasteiger charge is -2.03. The molecule has 4 nitrogen and oxygen atoms in total. The monoisotopic (exact) mass is 299 g/mol. The lowest BCUT2D eigenvalue weighted by atomic mass is 10.3. The topological polar surface area (TPSA) is 66.4 Å². The molecule has 0 fully saturated rings. The Balaban J connectivity index is 2.98. The van der Waals surface area contributed by atoms with Gasteiger partial charge in [-0.05, 0) is 34.7 Å². The van der Waals surface area contributed by atoms with Gasteiger partial charge in [-0.3, -0.25) is 9.27 Å². The Kier molecular flexibility index (Phi) is 2.91. The summed E-state index contributed by atoms with van der Waals surface area (Å²) in [4.78, 5) is 0. The molecule has 1 rings (SSSR count). The number of hydrogen-bond donors (Lipinski definition) is 2. The summed E-state index contributed by atoms with van der Waals surface area (Å²) in [5.41, 5.74) is 0.376. The first-order chi connectivity index (χ1) is 5.49. The Bertz CT molecular complexity index is 376. The van der Waals surface area contributed by atoms with E-state index in [0.29, 0.717) is 5.69 Å². The smallest absolute Gasteiger partial charge is 0.269 e. The molecule has 0 heterocycles. The summed E-state index contributed by atoms with van der Waals surface area (Å²) in [5.74, 6) is 0. The second kappa shape index (κ2) is 3.58. The molecule has 0 amide bonds. The number of rotatable bonds is 2. The molecule has 0 saturated heterocycles. The third-order valence-electron chi connectivity index (χ3n) is 1.11. The zero-order valence-electron chi connectivity index (χ0n) is 5.86. The molecular formula is C6H6INO3S. The molecule has 0 unspecified atom stereocenters. The Morgan fingerprint density at radius 2 is 1.92 bits per heavy atom. The SMILES string of the molecule is O=S(=O)(O)Nc1ccccc1I. The van der Waals surface area contributed by atoms with Gasteiger partial charge in [0.1, 0.15) is 0 Å². The number of benzene rings is 1. The fourth-order valence-electron chi connectivity index (χ4n) is 0.683. The molecule has 0 aromatic heterocycles. The molecule has 0 bridgehead atoms. The maximum absolute atomic E-state index is 10.4. The van der Waals surface area contributed by atoms with E-state index in [9.17, 15) is 8.42 Å². The minimum atomic E-state index is -4.15. The van der Waals surface area contributed by atoms with E-state index in [2.05, 4.69) is 0 Å². The van der Waals surface area contributed by atoms with E-state index in [1.54, 1.807) is 24.3 Å². The van der Waals surface area contributed by atoms with Gasteiger partial charge in [-0.1, -0.05) is 12.1 Å². The lowest BCUT2D eigenvalue weighted by molar-refractivity contribution is 0.489. The van der Waals surface area contributed by atoms with Gasteiger partial charge in [-0.2, -0.15) is 8.42 Å². The highest BCUT2D eigenvalue weighted by Crippen LogP contribution is 2.17. The molecule has 0 aliphatic rings. The first kappa shape index (κ1) is 9.75. The molecular weight excluding hydrogens is 293 g/mol. The average molecular weight is 299 g/mol. The fraction of sp³-hybridized carbons (Fsp3) is 0. The Morgan fingerprint density at radius 1 is 1.33 bits per heavy atom. The first-order valence-corrected chi connectivity index (χ1v) is 5.51. The molecule has 1 aromatic rings. The molecule has 12 heavy (non-hydrogen) atoms. The number of halogens is 1. The second-order valence-corrected chi connectivity index (χ2v) is 4.37. The zero-order valence-corrected chi connectivity index (χ0v) is 8.83. The number of nitrogens with one attached hydrogen (secondary N) is 1. The summed E-state index contributed by atoms with van der Waals surface area (Å²) in [5, 5.41) is 0. The molecule has 1 aromatic carbocycles. The second-order valence-electron chi connectivity index (χ2n) is 2.06. The quantitative estimate of drug-likeness (QED) is 0.642. The van der Waals surface area contributed by atoms with E-state index in [1.165, 1.54) is 0 Å². The van der Waals surface area contributed by atoms with Gasteiger partial charge in [-0.25, -0.2) is 0 Å². The van der Waals surface area contributed by atoms with Crippen LogP contribution in [0.4, 0.5) is 5.69 Å². The van der Waals surface area contributed by atoms with Crippen LogP contribution in [0.3, 0.4) is 0 Å². The van der Waals surface area contributed by atoms with Crippen molar-refractivity contribution in [3.05, 3.63) is 27.8 Å². The van der Waals surface area contributed by atoms with Crippen LogP contribution in [-0.2, 0) is 10.3 Å². The summed E-state index contributed by atoms with van der Waals surface area (Å²) in [6, 6.07) is 6.75. The van der Waals surface area contributed by atoms with Crippen molar-refractivity contribution < 1.29 is 13.0 Å². The largest absolute Gasteiger partial charge is 0.357 e. The van der Waals surface area contributed by atoms with Gasteiger partial charge in [0.05, 0.1) is 5.69 Å². The summed E-state index contributed by atoms with van der Waals surface area (Å²) < 4.78 is 31.9. The summed E-state index contributed by atoms with van der Waals surface area (Å²) in [7, 11) is -4.15. The van der Waals surface area contributed by atoms with Crippen LogP contribution in [0.2, 0.25) is 0 Å². The predicted molar refractivity (Wildman–Crippen MR) is 54.3 cm³/mol. The minimum absolute atomic E-state index is 0.376. The Morgan fingerprint density at radius 3 is 2.42 bits per heavy atom. The predicted octanol–water partition coefficient (Wildman–Crippen LogP) is 1.51. The fourth-order valence-corrected chi connectivity index (χ4v) is 1.84. The third-order valence-corrected chi connectivity index (χ3v) is 2.53. The van der Waals surface area contributed by atoms with Crippen LogP contribution in [0.1, 0.15) is 0 Å². The van der Waals surface area contributed by atoms with E-state index < -0.39 is 10.3 Å². The van der Waals surface area contributed by atoms with Gasteiger partial charge in [-0.15, -0.1) is 0 Å². The molecule has 0 atom stereocenters. The number of anilines is 1. The third kappa shape index (κ3) is 2.95. The van der Waals surface area contributed by atoms with Crippen molar-refractivity contribution >= 4 is 38.6 Å². The van der Waals surface area contributed by atoms with E-state index in [-0.39, 0.29) is 0 Å². The van der Waals surface area contributed by atoms with Crippen molar-refractivity contribution in [2.24, 2.45) is 0 Å². The average Bonchev–Trinajstić information content (AvgIpc) is 1.91. The summed E-state index contributed by atoms with van der Waals surface area (Å²) in [6.45, 7) is 0. The molecule has 2 N–H and O–H groups in total. The highest BCUT2D eigenvalue weighted by Gasteiger charge is 2.05. The van der Waals surface area contributed by atoms with Gasteiger partial charge < -0.3 is 0 Å². The molecule has 0 spiro atoms. The van der Waals surface area contributed by atoms with Crippen LogP contribution >= 0.6 is 22.6 Å². The molecule has 0 saturated carbocycles. The van der Waals surface area contributed by atoms with Crippen LogP contribution in [0.15, 0.2) is 24.3 Å². The van der Waals surface area contributed by atoms with Crippen molar-refractivity contribution in [3.8, 4) is 0 Å². The van der Waals surface area contributed by atoms with E-state index >= 15 is 0 Å². The summed E-state index contributed by atoms with van der Waals surface area (Å²) in [6.07, 6.45) is 0. The maximum atomic E-state index is 10.4. The molecule has 0 aliphatic heterocycles. The maximum Gasteiger partial charge on any atom is 0.357 e. The Hall–Kier alpha value is -0.340. The highest BCUT2D eigenvalue weighted by atomic mass is 127. The molecule has 66 valence electrons. The van der Waals surface area contributed by atoms with Crippen molar-refractivity contribution in [3.63, 3.8) is 0 Å². The van der Waals surface area contributed by atoms with Crippen LogP contribution in [0, 0.1) is 3.57 Å². The number of hydrogen-bond acceptors (Lipinski definition) is 2. The van der Waals surface area contributed by atoms with Crippen LogP contribution in [0.5, 0.6) is 0 Å². The Labute approximate surface area is 84.0 Å². The lowest BCUT2D eigenvalue weighted by Crippen LogP contribution is -2.11. The van der Waals surface area contributed by atoms with E-state index in [0.717, 1.165) is 3.57 Å². The van der Waals surface area contributed by atoms with Crippen molar-refractivity contribution in [1.82, 2.24) is 0 Å². The highest BCUT2D eigenvalue weighted by molar-refractivity contribution is 14.1. The van der Waals surface area contributed by atoms with Crippen LogP contribution in [-0.4, -0.2) is 13.0 Å². The zero-order chi connectivity index (χ0) is 9.19. The van der Waals surface area contributed by atoms with Gasteiger partial charge in [0, 0.05) is 3.57 Å². The number of para-hydroxylation sites is 1. The van der Waals surface area contributed by atoms with Crippen molar-refractivity contribution in [2.45, 2.75) is 0 Å². The van der Waals surface area contributed by atoms with Gasteiger partial charge in [0.15, 0.2) is 0 Å². The van der Waals surface area contributed by atoms with Crippen molar-refractivity contribution in [1.29, 1.82) is 0 Å². The molecule has 6 heteroatoms. The van der Waals surface area contributed by atoms with Crippen molar-refractivity contribution in [2.75, 3.05) is 4.72 Å². The van der Waals surface area contributed by atoms with Crippen LogP contribution < -0.4 is 4.72 Å². The van der Waals surface area contributed by atoms with Gasteiger partial charge in [0.25, 0.3) is 0 Å². The first-order valence-electron chi connectivity index (χ1n) is 2.99. The van der Waals surface area contributed by atoms with E-state index in [4.69, 9.17) is 4.55 Å². The normalized spacial score (nSPS) is 11.2. The standard InChI is InChI=1S/C6H6INO3S/c7-5-3-1-2-4-6(5)8-12(9,10)11/h1-4,8H,(H,9,10,11). The van der Waals surface area contributed by atoms with Gasteiger partial charge in [0.2, 0.25) is 0 Å². The molecule has 0 aliphatic carbocycles. The van der Waals surface area contributed by atoms with E-state index in [1.807, 2.05) is 27.3 Å². The van der Waals surface area contributed by atoms with Gasteiger partial charge >= 0.3 is 10.3 Å². The summed E-state index contributed by atoms with van der Waals surface area (Å²) >= 11 is 1.96.